The Morgan fingerprint density at radius 2 is 2.20 bits per heavy atom. The third kappa shape index (κ3) is 2.56. The number of hydrogen-bond acceptors (Lipinski definition) is 4. The maximum Gasteiger partial charge on any atom is 0.174 e. The fourth-order valence-corrected chi connectivity index (χ4v) is 3.12. The third-order valence-electron chi connectivity index (χ3n) is 3.33. The number of nitriles is 1. The highest BCUT2D eigenvalue weighted by atomic mass is 32.2. The summed E-state index contributed by atoms with van der Waals surface area (Å²) in [5.74, 6) is 0.468. The molecular weight excluding hydrogens is 268 g/mol. The fourth-order valence-electron chi connectivity index (χ4n) is 2.19. The highest BCUT2D eigenvalue weighted by Crippen LogP contribution is 2.41. The van der Waals surface area contributed by atoms with Crippen LogP contribution in [0.1, 0.15) is 50.0 Å². The number of imidazole rings is 1. The highest BCUT2D eigenvalue weighted by Gasteiger charge is 2.29. The highest BCUT2D eigenvalue weighted by molar-refractivity contribution is 7.99. The van der Waals surface area contributed by atoms with Gasteiger partial charge in [0.2, 0.25) is 0 Å². The van der Waals surface area contributed by atoms with Crippen molar-refractivity contribution >= 4 is 11.8 Å². The molecule has 2 aromatic rings. The molecule has 0 amide bonds. The molecule has 1 saturated carbocycles. The van der Waals surface area contributed by atoms with Gasteiger partial charge in [-0.05, 0) is 42.7 Å². The molecule has 0 aliphatic heterocycles. The molecule has 0 atom stereocenters. The van der Waals surface area contributed by atoms with Gasteiger partial charge in [0.15, 0.2) is 5.16 Å². The third-order valence-corrected chi connectivity index (χ3v) is 4.25. The lowest BCUT2D eigenvalue weighted by molar-refractivity contribution is 0.605. The first-order valence-electron chi connectivity index (χ1n) is 6.81. The van der Waals surface area contributed by atoms with Crippen molar-refractivity contribution in [3.63, 3.8) is 0 Å². The van der Waals surface area contributed by atoms with Gasteiger partial charge < -0.3 is 4.57 Å². The first-order chi connectivity index (χ1) is 9.69. The molecule has 4 nitrogen and oxygen atoms in total. The molecule has 20 heavy (non-hydrogen) atoms. The summed E-state index contributed by atoms with van der Waals surface area (Å²) < 4.78 is 2.34. The Bertz CT molecular complexity index is 665. The van der Waals surface area contributed by atoms with Crippen LogP contribution in [0.2, 0.25) is 0 Å². The molecule has 5 heteroatoms. The molecule has 1 aliphatic carbocycles. The first kappa shape index (κ1) is 13.2. The van der Waals surface area contributed by atoms with Crippen molar-refractivity contribution in [2.45, 2.75) is 48.8 Å². The van der Waals surface area contributed by atoms with Crippen molar-refractivity contribution in [1.82, 2.24) is 14.5 Å². The predicted molar refractivity (Wildman–Crippen MR) is 77.7 cm³/mol. The van der Waals surface area contributed by atoms with Gasteiger partial charge >= 0.3 is 0 Å². The molecule has 0 radical (unpaired) electrons. The Balaban J connectivity index is 1.92. The molecule has 102 valence electrons. The van der Waals surface area contributed by atoms with Gasteiger partial charge in [0.1, 0.15) is 16.8 Å². The lowest BCUT2D eigenvalue weighted by Gasteiger charge is -2.12. The van der Waals surface area contributed by atoms with Gasteiger partial charge in [-0.2, -0.15) is 5.26 Å². The first-order valence-corrected chi connectivity index (χ1v) is 7.63. The molecule has 1 aliphatic rings. The maximum absolute atomic E-state index is 8.92. The van der Waals surface area contributed by atoms with Crippen LogP contribution in [0, 0.1) is 11.3 Å². The van der Waals surface area contributed by atoms with Gasteiger partial charge in [-0.15, -0.1) is 0 Å². The van der Waals surface area contributed by atoms with Crippen molar-refractivity contribution in [1.29, 1.82) is 5.26 Å². The van der Waals surface area contributed by atoms with Crippen LogP contribution in [0.25, 0.3) is 0 Å². The van der Waals surface area contributed by atoms with E-state index in [9.17, 15) is 0 Å². The van der Waals surface area contributed by atoms with Crippen LogP contribution in [0.15, 0.2) is 34.6 Å². The summed E-state index contributed by atoms with van der Waals surface area (Å²) in [6.45, 7) is 4.39. The van der Waals surface area contributed by atoms with Crippen LogP contribution in [-0.2, 0) is 0 Å². The Kier molecular flexibility index (Phi) is 3.49. The van der Waals surface area contributed by atoms with Crippen LogP contribution in [-0.4, -0.2) is 14.5 Å². The van der Waals surface area contributed by atoms with Gasteiger partial charge in [0.05, 0.1) is 0 Å². The second-order valence-electron chi connectivity index (χ2n) is 5.30. The standard InChI is InChI=1S/C15H16N4S/c1-10(2)13-9-17-15(19(13)12-6-7-12)20-14-5-3-4-11(8-16)18-14/h3-5,9-10,12H,6-7H2,1-2H3. The van der Waals surface area contributed by atoms with Crippen LogP contribution in [0.3, 0.4) is 0 Å². The monoisotopic (exact) mass is 284 g/mol. The second kappa shape index (κ2) is 5.29. The molecule has 2 aromatic heterocycles. The average Bonchev–Trinajstić information content (AvgIpc) is 3.20. The number of rotatable bonds is 4. The van der Waals surface area contributed by atoms with E-state index in [1.807, 2.05) is 18.3 Å². The SMILES string of the molecule is CC(C)c1cnc(Sc2cccc(C#N)n2)n1C1CC1. The zero-order valence-corrected chi connectivity index (χ0v) is 12.4. The molecule has 1 fully saturated rings. The van der Waals surface area contributed by atoms with E-state index in [2.05, 4.69) is 34.5 Å². The van der Waals surface area contributed by atoms with Crippen molar-refractivity contribution in [3.05, 3.63) is 35.8 Å². The molecule has 3 rings (SSSR count). The minimum absolute atomic E-state index is 0.448. The molecule has 0 spiro atoms. The minimum atomic E-state index is 0.448. The molecule has 2 heterocycles. The number of pyridine rings is 1. The molecular formula is C15H16N4S. The number of aromatic nitrogens is 3. The summed E-state index contributed by atoms with van der Waals surface area (Å²) in [5.41, 5.74) is 1.73. The minimum Gasteiger partial charge on any atom is -0.320 e. The lowest BCUT2D eigenvalue weighted by atomic mass is 10.1. The van der Waals surface area contributed by atoms with Gasteiger partial charge in [-0.3, -0.25) is 0 Å². The topological polar surface area (TPSA) is 54.5 Å². The van der Waals surface area contributed by atoms with Crippen LogP contribution in [0.5, 0.6) is 0 Å². The van der Waals surface area contributed by atoms with E-state index in [0.29, 0.717) is 17.7 Å². The summed E-state index contributed by atoms with van der Waals surface area (Å²) in [6.07, 6.45) is 4.43. The Morgan fingerprint density at radius 1 is 1.40 bits per heavy atom. The van der Waals surface area contributed by atoms with Crippen molar-refractivity contribution in [2.24, 2.45) is 0 Å². The van der Waals surface area contributed by atoms with E-state index < -0.39 is 0 Å². The Labute approximate surface area is 122 Å². The quantitative estimate of drug-likeness (QED) is 0.857. The maximum atomic E-state index is 8.92. The normalized spacial score (nSPS) is 14.5. The molecule has 0 N–H and O–H groups in total. The Hall–Kier alpha value is -1.80. The largest absolute Gasteiger partial charge is 0.320 e. The van der Waals surface area contributed by atoms with Crippen LogP contribution < -0.4 is 0 Å². The van der Waals surface area contributed by atoms with E-state index >= 15 is 0 Å². The van der Waals surface area contributed by atoms with Gasteiger partial charge in [0.25, 0.3) is 0 Å². The molecule has 0 aromatic carbocycles. The zero-order valence-electron chi connectivity index (χ0n) is 11.6. The summed E-state index contributed by atoms with van der Waals surface area (Å²) >= 11 is 1.54. The molecule has 0 saturated heterocycles. The number of hydrogen-bond donors (Lipinski definition) is 0. The summed E-state index contributed by atoms with van der Waals surface area (Å²) in [6, 6.07) is 8.17. The summed E-state index contributed by atoms with van der Waals surface area (Å²) in [7, 11) is 0. The van der Waals surface area contributed by atoms with Crippen molar-refractivity contribution in [2.75, 3.05) is 0 Å². The predicted octanol–water partition coefficient (Wildman–Crippen LogP) is 3.76. The van der Waals surface area contributed by atoms with E-state index in [4.69, 9.17) is 5.26 Å². The summed E-state index contributed by atoms with van der Waals surface area (Å²) in [4.78, 5) is 8.86. The summed E-state index contributed by atoms with van der Waals surface area (Å²) in [5, 5.41) is 10.7. The van der Waals surface area contributed by atoms with E-state index in [1.165, 1.54) is 30.3 Å². The van der Waals surface area contributed by atoms with Crippen molar-refractivity contribution in [3.8, 4) is 6.07 Å². The van der Waals surface area contributed by atoms with Gasteiger partial charge in [-0.25, -0.2) is 9.97 Å². The lowest BCUT2D eigenvalue weighted by Crippen LogP contribution is -2.03. The fraction of sp³-hybridized carbons (Fsp3) is 0.400. The number of nitrogens with zero attached hydrogens (tertiary/aromatic N) is 4. The van der Waals surface area contributed by atoms with Crippen molar-refractivity contribution < 1.29 is 0 Å². The van der Waals surface area contributed by atoms with Crippen LogP contribution >= 0.6 is 11.8 Å². The van der Waals surface area contributed by atoms with Gasteiger partial charge in [0, 0.05) is 17.9 Å². The van der Waals surface area contributed by atoms with E-state index in [-0.39, 0.29) is 0 Å². The second-order valence-corrected chi connectivity index (χ2v) is 6.28. The molecule has 0 bridgehead atoms. The molecule has 0 unspecified atom stereocenters. The van der Waals surface area contributed by atoms with Gasteiger partial charge in [-0.1, -0.05) is 19.9 Å². The average molecular weight is 284 g/mol. The zero-order chi connectivity index (χ0) is 14.1. The van der Waals surface area contributed by atoms with Crippen LogP contribution in [0.4, 0.5) is 0 Å². The smallest absolute Gasteiger partial charge is 0.174 e. The Morgan fingerprint density at radius 3 is 2.85 bits per heavy atom. The van der Waals surface area contributed by atoms with E-state index in [0.717, 1.165) is 10.2 Å². The van der Waals surface area contributed by atoms with E-state index in [1.54, 1.807) is 6.07 Å².